The zero-order chi connectivity index (χ0) is 14.6. The van der Waals surface area contributed by atoms with Gasteiger partial charge in [-0.05, 0) is 45.1 Å². The summed E-state index contributed by atoms with van der Waals surface area (Å²) in [6.07, 6.45) is 5.63. The molecule has 1 atom stereocenters. The van der Waals surface area contributed by atoms with Crippen LogP contribution in [0.3, 0.4) is 0 Å². The Balaban J connectivity index is 1.95. The van der Waals surface area contributed by atoms with Gasteiger partial charge in [0.15, 0.2) is 0 Å². The first kappa shape index (κ1) is 14.6. The van der Waals surface area contributed by atoms with Crippen LogP contribution in [0.1, 0.15) is 33.1 Å². The minimum Gasteiger partial charge on any atom is -0.465 e. The predicted molar refractivity (Wildman–Crippen MR) is 76.8 cm³/mol. The molecule has 0 unspecified atom stereocenters. The van der Waals surface area contributed by atoms with Gasteiger partial charge in [-0.2, -0.15) is 10.2 Å². The topological polar surface area (TPSA) is 78.4 Å². The number of nitrogens with zero attached hydrogens (tertiary/aromatic N) is 3. The van der Waals surface area contributed by atoms with E-state index in [0.717, 1.165) is 38.0 Å². The van der Waals surface area contributed by atoms with Crippen molar-refractivity contribution >= 4 is 11.8 Å². The molecule has 0 bridgehead atoms. The number of hydrogen-bond donors (Lipinski definition) is 2. The van der Waals surface area contributed by atoms with Crippen LogP contribution in [-0.4, -0.2) is 40.0 Å². The molecule has 1 amide bonds. The molecule has 2 rings (SSSR count). The molecule has 0 aromatic carbocycles. The van der Waals surface area contributed by atoms with Gasteiger partial charge in [0.2, 0.25) is 0 Å². The van der Waals surface area contributed by atoms with Crippen molar-refractivity contribution in [2.75, 3.05) is 18.0 Å². The second kappa shape index (κ2) is 6.07. The van der Waals surface area contributed by atoms with E-state index < -0.39 is 11.6 Å². The van der Waals surface area contributed by atoms with Crippen molar-refractivity contribution in [3.05, 3.63) is 18.5 Å². The Bertz CT molecular complexity index is 450. The third kappa shape index (κ3) is 4.08. The lowest BCUT2D eigenvalue weighted by Gasteiger charge is -2.37. The highest BCUT2D eigenvalue weighted by molar-refractivity contribution is 5.65. The molecule has 0 radical (unpaired) electrons. The van der Waals surface area contributed by atoms with Gasteiger partial charge < -0.3 is 15.3 Å². The summed E-state index contributed by atoms with van der Waals surface area (Å²) in [6, 6.07) is 1.97. The van der Waals surface area contributed by atoms with Crippen LogP contribution in [0, 0.1) is 5.92 Å². The Labute approximate surface area is 119 Å². The van der Waals surface area contributed by atoms with Crippen LogP contribution in [0.4, 0.5) is 10.5 Å². The summed E-state index contributed by atoms with van der Waals surface area (Å²) in [4.78, 5) is 13.1. The number of carboxylic acid groups (broad SMARTS) is 1. The van der Waals surface area contributed by atoms with Gasteiger partial charge in [-0.3, -0.25) is 0 Å². The molecule has 1 aromatic rings. The number of hydrogen-bond acceptors (Lipinski definition) is 4. The molecular weight excluding hydrogens is 256 g/mol. The quantitative estimate of drug-likeness (QED) is 0.882. The first-order valence-corrected chi connectivity index (χ1v) is 6.99. The summed E-state index contributed by atoms with van der Waals surface area (Å²) >= 11 is 0. The number of anilines is 1. The maximum absolute atomic E-state index is 10.8. The van der Waals surface area contributed by atoms with E-state index in [-0.39, 0.29) is 0 Å². The second-order valence-electron chi connectivity index (χ2n) is 6.07. The number of amides is 1. The largest absolute Gasteiger partial charge is 0.465 e. The van der Waals surface area contributed by atoms with Crippen molar-refractivity contribution in [1.82, 2.24) is 15.5 Å². The summed E-state index contributed by atoms with van der Waals surface area (Å²) in [7, 11) is 0. The molecular formula is C14H22N4O2. The van der Waals surface area contributed by atoms with E-state index in [1.54, 1.807) is 12.4 Å². The number of rotatable bonds is 4. The highest BCUT2D eigenvalue weighted by Crippen LogP contribution is 2.27. The normalized spacial score (nSPS) is 19.7. The Hall–Kier alpha value is -1.85. The lowest BCUT2D eigenvalue weighted by Crippen LogP contribution is -2.46. The standard InChI is InChI=1S/C14H22N4O2/c1-14(2,17-13(19)20)8-11-4-3-7-18(10-11)12-5-6-15-16-9-12/h5-6,9,11,17H,3-4,7-8,10H2,1-2H3,(H,19,20)/t11-/m0/s1. The van der Waals surface area contributed by atoms with Crippen molar-refractivity contribution in [1.29, 1.82) is 0 Å². The van der Waals surface area contributed by atoms with Crippen LogP contribution in [-0.2, 0) is 0 Å². The molecule has 2 heterocycles. The zero-order valence-corrected chi connectivity index (χ0v) is 12.0. The van der Waals surface area contributed by atoms with Gasteiger partial charge in [0.05, 0.1) is 18.1 Å². The highest BCUT2D eigenvalue weighted by atomic mass is 16.4. The van der Waals surface area contributed by atoms with Crippen LogP contribution in [0.2, 0.25) is 0 Å². The van der Waals surface area contributed by atoms with Gasteiger partial charge in [-0.1, -0.05) is 0 Å². The van der Waals surface area contributed by atoms with Crippen molar-refractivity contribution < 1.29 is 9.90 Å². The van der Waals surface area contributed by atoms with Gasteiger partial charge in [0.25, 0.3) is 0 Å². The third-order valence-electron chi connectivity index (χ3n) is 3.70. The Morgan fingerprint density at radius 1 is 1.55 bits per heavy atom. The molecule has 0 saturated carbocycles. The molecule has 2 N–H and O–H groups in total. The number of carbonyl (C=O) groups is 1. The lowest BCUT2D eigenvalue weighted by atomic mass is 9.85. The van der Waals surface area contributed by atoms with Gasteiger partial charge in [-0.25, -0.2) is 4.79 Å². The van der Waals surface area contributed by atoms with E-state index in [4.69, 9.17) is 5.11 Å². The van der Waals surface area contributed by atoms with Crippen molar-refractivity contribution in [3.63, 3.8) is 0 Å². The first-order valence-electron chi connectivity index (χ1n) is 6.99. The Kier molecular flexibility index (Phi) is 4.42. The van der Waals surface area contributed by atoms with E-state index >= 15 is 0 Å². The molecule has 0 spiro atoms. The average Bonchev–Trinajstić information content (AvgIpc) is 2.38. The van der Waals surface area contributed by atoms with Crippen LogP contribution in [0.5, 0.6) is 0 Å². The van der Waals surface area contributed by atoms with Crippen LogP contribution < -0.4 is 10.2 Å². The highest BCUT2D eigenvalue weighted by Gasteiger charge is 2.28. The molecule has 0 aliphatic carbocycles. The summed E-state index contributed by atoms with van der Waals surface area (Å²) in [6.45, 7) is 5.84. The molecule has 1 fully saturated rings. The second-order valence-corrected chi connectivity index (χ2v) is 6.07. The van der Waals surface area contributed by atoms with Crippen molar-refractivity contribution in [3.8, 4) is 0 Å². The minimum atomic E-state index is -0.957. The lowest BCUT2D eigenvalue weighted by molar-refractivity contribution is 0.174. The van der Waals surface area contributed by atoms with Crippen LogP contribution in [0.15, 0.2) is 18.5 Å². The maximum Gasteiger partial charge on any atom is 0.405 e. The van der Waals surface area contributed by atoms with Crippen LogP contribution >= 0.6 is 0 Å². The predicted octanol–water partition coefficient (Wildman–Crippen LogP) is 2.13. The monoisotopic (exact) mass is 278 g/mol. The van der Waals surface area contributed by atoms with Crippen molar-refractivity contribution in [2.45, 2.75) is 38.6 Å². The average molecular weight is 278 g/mol. The summed E-state index contributed by atoms with van der Waals surface area (Å²) in [5, 5.41) is 19.2. The van der Waals surface area contributed by atoms with E-state index in [1.165, 1.54) is 0 Å². The number of nitrogens with one attached hydrogen (secondary N) is 1. The molecule has 20 heavy (non-hydrogen) atoms. The van der Waals surface area contributed by atoms with Gasteiger partial charge in [0.1, 0.15) is 0 Å². The zero-order valence-electron chi connectivity index (χ0n) is 12.0. The van der Waals surface area contributed by atoms with Crippen LogP contribution in [0.25, 0.3) is 0 Å². The van der Waals surface area contributed by atoms with E-state index in [9.17, 15) is 4.79 Å². The minimum absolute atomic E-state index is 0.393. The van der Waals surface area contributed by atoms with Gasteiger partial charge in [0, 0.05) is 18.6 Å². The SMILES string of the molecule is CC(C)(C[C@@H]1CCCN(c2ccnnc2)C1)NC(=O)O. The summed E-state index contributed by atoms with van der Waals surface area (Å²) in [5.74, 6) is 0.485. The van der Waals surface area contributed by atoms with E-state index in [2.05, 4.69) is 20.4 Å². The molecule has 1 aliphatic rings. The molecule has 6 nitrogen and oxygen atoms in total. The number of aromatic nitrogens is 2. The third-order valence-corrected chi connectivity index (χ3v) is 3.70. The van der Waals surface area contributed by atoms with Crippen molar-refractivity contribution in [2.24, 2.45) is 5.92 Å². The molecule has 1 saturated heterocycles. The molecule has 110 valence electrons. The number of piperidine rings is 1. The summed E-state index contributed by atoms with van der Waals surface area (Å²) < 4.78 is 0. The fraction of sp³-hybridized carbons (Fsp3) is 0.643. The van der Waals surface area contributed by atoms with E-state index in [1.807, 2.05) is 19.9 Å². The smallest absolute Gasteiger partial charge is 0.405 e. The van der Waals surface area contributed by atoms with Gasteiger partial charge in [-0.15, -0.1) is 0 Å². The summed E-state index contributed by atoms with van der Waals surface area (Å²) in [5.41, 5.74) is 0.699. The fourth-order valence-electron chi connectivity index (χ4n) is 3.00. The Morgan fingerprint density at radius 3 is 3.00 bits per heavy atom. The first-order chi connectivity index (χ1) is 9.46. The van der Waals surface area contributed by atoms with E-state index in [0.29, 0.717) is 5.92 Å². The van der Waals surface area contributed by atoms with Gasteiger partial charge >= 0.3 is 6.09 Å². The maximum atomic E-state index is 10.8. The molecule has 1 aromatic heterocycles. The fourth-order valence-corrected chi connectivity index (χ4v) is 3.00. The molecule has 6 heteroatoms. The Morgan fingerprint density at radius 2 is 2.35 bits per heavy atom. The molecule has 1 aliphatic heterocycles.